The zero-order valence-electron chi connectivity index (χ0n) is 13.5. The van der Waals surface area contributed by atoms with Gasteiger partial charge in [0.25, 0.3) is 0 Å². The number of benzene rings is 1. The minimum Gasteiger partial charge on any atom is -0.366 e. The van der Waals surface area contributed by atoms with Crippen molar-refractivity contribution in [2.45, 2.75) is 38.4 Å². The summed E-state index contributed by atoms with van der Waals surface area (Å²) < 4.78 is 13.5. The maximum absolute atomic E-state index is 13.5. The lowest BCUT2D eigenvalue weighted by Crippen LogP contribution is -2.57. The molecule has 1 fully saturated rings. The average molecular weight is 326 g/mol. The van der Waals surface area contributed by atoms with E-state index in [2.05, 4.69) is 4.98 Å². The van der Waals surface area contributed by atoms with Crippen molar-refractivity contribution >= 4 is 11.9 Å². The summed E-state index contributed by atoms with van der Waals surface area (Å²) in [7, 11) is 0. The van der Waals surface area contributed by atoms with Gasteiger partial charge in [-0.2, -0.15) is 0 Å². The number of nitrogens with two attached hydrogens (primary N) is 1. The van der Waals surface area contributed by atoms with Crippen LogP contribution in [0.3, 0.4) is 0 Å². The predicted octanol–water partition coefficient (Wildman–Crippen LogP) is 2.28. The molecule has 0 spiro atoms. The lowest BCUT2D eigenvalue weighted by atomic mass is 10.0. The van der Waals surface area contributed by atoms with E-state index in [9.17, 15) is 9.18 Å². The van der Waals surface area contributed by atoms with Gasteiger partial charge < -0.3 is 10.6 Å². The standard InChI is InChI=1S/C18H19FN4O/c1-10-14(19)9-23(10)18-21-15-4-2-3-13(15)16(22-18)11-5-7-12(8-6-11)17(20)24/h5-8,10,14H,2-4,9H2,1H3,(H2,20,24)/t10-,14+/m0/s1. The largest absolute Gasteiger partial charge is 0.366 e. The number of rotatable bonds is 3. The Hall–Kier alpha value is -2.50. The zero-order valence-corrected chi connectivity index (χ0v) is 13.5. The Kier molecular flexibility index (Phi) is 3.48. The topological polar surface area (TPSA) is 72.1 Å². The van der Waals surface area contributed by atoms with Crippen molar-refractivity contribution in [1.29, 1.82) is 0 Å². The van der Waals surface area contributed by atoms with Gasteiger partial charge in [-0.15, -0.1) is 0 Å². The number of halogens is 1. The van der Waals surface area contributed by atoms with E-state index in [1.807, 2.05) is 24.0 Å². The van der Waals surface area contributed by atoms with Crippen LogP contribution in [0.15, 0.2) is 24.3 Å². The number of carbonyl (C=O) groups is 1. The molecule has 1 saturated heterocycles. The maximum atomic E-state index is 13.5. The molecule has 124 valence electrons. The first-order valence-electron chi connectivity index (χ1n) is 8.25. The smallest absolute Gasteiger partial charge is 0.248 e. The molecule has 2 atom stereocenters. The summed E-state index contributed by atoms with van der Waals surface area (Å²) in [5.74, 6) is 0.157. The van der Waals surface area contributed by atoms with Gasteiger partial charge in [-0.1, -0.05) is 12.1 Å². The van der Waals surface area contributed by atoms with Gasteiger partial charge in [0.2, 0.25) is 11.9 Å². The highest BCUT2D eigenvalue weighted by Crippen LogP contribution is 2.34. The highest BCUT2D eigenvalue weighted by Gasteiger charge is 2.38. The molecule has 0 unspecified atom stereocenters. The van der Waals surface area contributed by atoms with Crippen LogP contribution in [0.5, 0.6) is 0 Å². The number of fused-ring (bicyclic) bond motifs is 1. The van der Waals surface area contributed by atoms with Crippen LogP contribution in [0.2, 0.25) is 0 Å². The number of carbonyl (C=O) groups excluding carboxylic acids is 1. The highest BCUT2D eigenvalue weighted by atomic mass is 19.1. The third-order valence-corrected chi connectivity index (χ3v) is 5.01. The number of primary amides is 1. The molecule has 2 aliphatic rings. The van der Waals surface area contributed by atoms with Gasteiger partial charge in [0, 0.05) is 22.4 Å². The van der Waals surface area contributed by atoms with Crippen molar-refractivity contribution in [3.8, 4) is 11.3 Å². The van der Waals surface area contributed by atoms with E-state index in [0.29, 0.717) is 18.1 Å². The summed E-state index contributed by atoms with van der Waals surface area (Å²) in [5, 5.41) is 0. The van der Waals surface area contributed by atoms with E-state index in [0.717, 1.165) is 41.8 Å². The minimum absolute atomic E-state index is 0.186. The Bertz CT molecular complexity index is 805. The molecule has 2 aromatic rings. The SMILES string of the molecule is C[C@H]1[C@H](F)CN1c1nc2c(c(-c3ccc(C(N)=O)cc3)n1)CCC2. The molecule has 6 heteroatoms. The van der Waals surface area contributed by atoms with Gasteiger partial charge in [0.05, 0.1) is 18.3 Å². The van der Waals surface area contributed by atoms with Crippen LogP contribution in [-0.2, 0) is 12.8 Å². The third-order valence-electron chi connectivity index (χ3n) is 5.01. The Morgan fingerprint density at radius 3 is 2.62 bits per heavy atom. The summed E-state index contributed by atoms with van der Waals surface area (Å²) in [6.45, 7) is 2.20. The van der Waals surface area contributed by atoms with Crippen molar-refractivity contribution in [3.63, 3.8) is 0 Å². The van der Waals surface area contributed by atoms with Gasteiger partial charge in [0.15, 0.2) is 0 Å². The van der Waals surface area contributed by atoms with Crippen LogP contribution in [0.1, 0.15) is 35.0 Å². The Labute approximate surface area is 139 Å². The van der Waals surface area contributed by atoms with Gasteiger partial charge in [-0.05, 0) is 38.3 Å². The van der Waals surface area contributed by atoms with E-state index in [1.54, 1.807) is 12.1 Å². The molecule has 24 heavy (non-hydrogen) atoms. The summed E-state index contributed by atoms with van der Waals surface area (Å²) in [6.07, 6.45) is 2.11. The molecule has 1 aromatic carbocycles. The normalized spacial score (nSPS) is 22.2. The van der Waals surface area contributed by atoms with Crippen LogP contribution in [-0.4, -0.2) is 34.6 Å². The number of anilines is 1. The Morgan fingerprint density at radius 1 is 1.25 bits per heavy atom. The van der Waals surface area contributed by atoms with E-state index < -0.39 is 12.1 Å². The lowest BCUT2D eigenvalue weighted by molar-refractivity contribution is 0.100. The third kappa shape index (κ3) is 2.33. The second-order valence-electron chi connectivity index (χ2n) is 6.50. The van der Waals surface area contributed by atoms with Crippen LogP contribution in [0.25, 0.3) is 11.3 Å². The van der Waals surface area contributed by atoms with Crippen molar-refractivity contribution in [1.82, 2.24) is 9.97 Å². The Balaban J connectivity index is 1.77. The number of nitrogens with zero attached hydrogens (tertiary/aromatic N) is 3. The number of amides is 1. The van der Waals surface area contributed by atoms with Gasteiger partial charge in [0.1, 0.15) is 6.17 Å². The summed E-state index contributed by atoms with van der Waals surface area (Å²) in [4.78, 5) is 22.5. The number of hydrogen-bond acceptors (Lipinski definition) is 4. The van der Waals surface area contributed by atoms with Crippen molar-refractivity contribution < 1.29 is 9.18 Å². The molecular weight excluding hydrogens is 307 g/mol. The molecule has 1 aliphatic heterocycles. The molecule has 0 saturated carbocycles. The van der Waals surface area contributed by atoms with Crippen LogP contribution in [0, 0.1) is 0 Å². The molecule has 0 radical (unpaired) electrons. The van der Waals surface area contributed by atoms with Crippen molar-refractivity contribution in [2.75, 3.05) is 11.4 Å². The average Bonchev–Trinajstić information content (AvgIpc) is 3.07. The number of alkyl halides is 1. The second-order valence-corrected chi connectivity index (χ2v) is 6.50. The Morgan fingerprint density at radius 2 is 2.00 bits per heavy atom. The fourth-order valence-corrected chi connectivity index (χ4v) is 3.41. The molecule has 1 aliphatic carbocycles. The van der Waals surface area contributed by atoms with E-state index in [1.165, 1.54) is 0 Å². The monoisotopic (exact) mass is 326 g/mol. The summed E-state index contributed by atoms with van der Waals surface area (Å²) in [6, 6.07) is 6.97. The lowest BCUT2D eigenvalue weighted by Gasteiger charge is -2.42. The van der Waals surface area contributed by atoms with Crippen LogP contribution >= 0.6 is 0 Å². The second kappa shape index (κ2) is 5.54. The quantitative estimate of drug-likeness (QED) is 0.939. The van der Waals surface area contributed by atoms with E-state index in [-0.39, 0.29) is 6.04 Å². The first kappa shape index (κ1) is 15.1. The van der Waals surface area contributed by atoms with E-state index in [4.69, 9.17) is 10.7 Å². The van der Waals surface area contributed by atoms with Crippen LogP contribution in [0.4, 0.5) is 10.3 Å². The first-order valence-corrected chi connectivity index (χ1v) is 8.25. The molecule has 1 amide bonds. The molecule has 5 nitrogen and oxygen atoms in total. The first-order chi connectivity index (χ1) is 11.5. The van der Waals surface area contributed by atoms with Gasteiger partial charge >= 0.3 is 0 Å². The van der Waals surface area contributed by atoms with Crippen molar-refractivity contribution in [2.24, 2.45) is 5.73 Å². The van der Waals surface area contributed by atoms with E-state index >= 15 is 0 Å². The number of hydrogen-bond donors (Lipinski definition) is 1. The molecule has 4 rings (SSSR count). The van der Waals surface area contributed by atoms with Crippen molar-refractivity contribution in [3.05, 3.63) is 41.1 Å². The highest BCUT2D eigenvalue weighted by molar-refractivity contribution is 5.93. The summed E-state index contributed by atoms with van der Waals surface area (Å²) >= 11 is 0. The number of aryl methyl sites for hydroxylation is 1. The molecular formula is C18H19FN4O. The zero-order chi connectivity index (χ0) is 16.8. The molecule has 2 heterocycles. The molecule has 1 aromatic heterocycles. The summed E-state index contributed by atoms with van der Waals surface area (Å²) in [5.41, 5.74) is 9.82. The van der Waals surface area contributed by atoms with Crippen LogP contribution < -0.4 is 10.6 Å². The fraction of sp³-hybridized carbons (Fsp3) is 0.389. The maximum Gasteiger partial charge on any atom is 0.248 e. The minimum atomic E-state index is -0.819. The molecule has 0 bridgehead atoms. The number of aromatic nitrogens is 2. The molecule has 2 N–H and O–H groups in total. The van der Waals surface area contributed by atoms with Gasteiger partial charge in [-0.25, -0.2) is 14.4 Å². The fourth-order valence-electron chi connectivity index (χ4n) is 3.41. The predicted molar refractivity (Wildman–Crippen MR) is 89.7 cm³/mol. The van der Waals surface area contributed by atoms with Gasteiger partial charge in [-0.3, -0.25) is 4.79 Å².